The SMILES string of the molecule is CCOP(=O)(NC(=O)C(C)Oc1ccc(Oc2ccc(C(F)(F)F)cc2)cc1)OCC. The maximum absolute atomic E-state index is 12.6. The Bertz CT molecular complexity index is 893. The minimum absolute atomic E-state index is 0.0905. The molecule has 0 aliphatic heterocycles. The van der Waals surface area contributed by atoms with Crippen LogP contribution in [0.2, 0.25) is 0 Å². The lowest BCUT2D eigenvalue weighted by atomic mass is 10.2. The van der Waals surface area contributed by atoms with Gasteiger partial charge in [-0.05, 0) is 69.3 Å². The molecule has 0 aliphatic carbocycles. The van der Waals surface area contributed by atoms with Gasteiger partial charge in [0.25, 0.3) is 5.91 Å². The highest BCUT2D eigenvalue weighted by atomic mass is 31.2. The summed E-state index contributed by atoms with van der Waals surface area (Å²) in [6.45, 7) is 4.88. The number of amides is 1. The number of rotatable bonds is 10. The highest BCUT2D eigenvalue weighted by Gasteiger charge is 2.30. The first-order valence-electron chi connectivity index (χ1n) is 9.39. The van der Waals surface area contributed by atoms with E-state index >= 15 is 0 Å². The van der Waals surface area contributed by atoms with Crippen molar-refractivity contribution < 1.29 is 41.1 Å². The van der Waals surface area contributed by atoms with Crippen LogP contribution in [0.25, 0.3) is 0 Å². The van der Waals surface area contributed by atoms with Gasteiger partial charge < -0.3 is 9.47 Å². The molecule has 2 rings (SSSR count). The average Bonchev–Trinajstić information content (AvgIpc) is 2.69. The van der Waals surface area contributed by atoms with Crippen LogP contribution in [0.15, 0.2) is 48.5 Å². The second kappa shape index (κ2) is 10.7. The molecule has 31 heavy (non-hydrogen) atoms. The van der Waals surface area contributed by atoms with Crippen molar-refractivity contribution in [2.24, 2.45) is 0 Å². The van der Waals surface area contributed by atoms with Crippen LogP contribution in [0.4, 0.5) is 13.2 Å². The predicted molar refractivity (Wildman–Crippen MR) is 107 cm³/mol. The molecule has 0 saturated heterocycles. The molecule has 7 nitrogen and oxygen atoms in total. The van der Waals surface area contributed by atoms with E-state index in [1.807, 2.05) is 0 Å². The fourth-order valence-corrected chi connectivity index (χ4v) is 3.69. The molecule has 0 saturated carbocycles. The molecule has 1 atom stereocenters. The molecule has 1 N–H and O–H groups in total. The molecule has 170 valence electrons. The van der Waals surface area contributed by atoms with Crippen molar-refractivity contribution in [2.75, 3.05) is 13.2 Å². The van der Waals surface area contributed by atoms with Gasteiger partial charge in [0.1, 0.15) is 17.2 Å². The zero-order valence-corrected chi connectivity index (χ0v) is 18.0. The van der Waals surface area contributed by atoms with Crippen LogP contribution in [-0.2, 0) is 24.6 Å². The lowest BCUT2D eigenvalue weighted by Crippen LogP contribution is -2.35. The third-order valence-corrected chi connectivity index (χ3v) is 5.46. The highest BCUT2D eigenvalue weighted by molar-refractivity contribution is 7.52. The van der Waals surface area contributed by atoms with Gasteiger partial charge in [-0.15, -0.1) is 0 Å². The van der Waals surface area contributed by atoms with Crippen molar-refractivity contribution in [1.29, 1.82) is 0 Å². The van der Waals surface area contributed by atoms with Crippen LogP contribution in [0.5, 0.6) is 17.2 Å². The summed E-state index contributed by atoms with van der Waals surface area (Å²) in [5, 5.41) is 2.22. The number of hydrogen-bond acceptors (Lipinski definition) is 6. The van der Waals surface area contributed by atoms with E-state index in [0.29, 0.717) is 11.5 Å². The molecular formula is C20H23F3NO6P. The zero-order chi connectivity index (χ0) is 23.1. The summed E-state index contributed by atoms with van der Waals surface area (Å²) in [5.74, 6) is 0.235. The van der Waals surface area contributed by atoms with Crippen LogP contribution in [0, 0.1) is 0 Å². The standard InChI is InChI=1S/C20H23F3NO6P/c1-4-27-31(26,28-5-2)24-19(25)14(3)29-16-10-12-18(13-11-16)30-17-8-6-15(7-9-17)20(21,22)23/h6-14H,4-5H2,1-3H3,(H,24,25,26). The fourth-order valence-electron chi connectivity index (χ4n) is 2.36. The molecular weight excluding hydrogens is 438 g/mol. The number of nitrogens with one attached hydrogen (secondary N) is 1. The van der Waals surface area contributed by atoms with Gasteiger partial charge in [-0.1, -0.05) is 0 Å². The van der Waals surface area contributed by atoms with Gasteiger partial charge in [0, 0.05) is 0 Å². The van der Waals surface area contributed by atoms with E-state index < -0.39 is 31.5 Å². The number of benzene rings is 2. The zero-order valence-electron chi connectivity index (χ0n) is 17.1. The van der Waals surface area contributed by atoms with Gasteiger partial charge in [-0.2, -0.15) is 13.2 Å². The van der Waals surface area contributed by atoms with Crippen molar-refractivity contribution in [1.82, 2.24) is 5.09 Å². The molecule has 0 fully saturated rings. The lowest BCUT2D eigenvalue weighted by Gasteiger charge is -2.20. The summed E-state index contributed by atoms with van der Waals surface area (Å²) in [6.07, 6.45) is -5.42. The highest BCUT2D eigenvalue weighted by Crippen LogP contribution is 2.43. The van der Waals surface area contributed by atoms with Crippen LogP contribution in [-0.4, -0.2) is 25.2 Å². The topological polar surface area (TPSA) is 83.1 Å². The molecule has 0 spiro atoms. The Balaban J connectivity index is 1.95. The van der Waals surface area contributed by atoms with Crippen molar-refractivity contribution in [3.63, 3.8) is 0 Å². The predicted octanol–water partition coefficient (Wildman–Crippen LogP) is 5.56. The van der Waals surface area contributed by atoms with E-state index in [1.165, 1.54) is 43.3 Å². The monoisotopic (exact) mass is 461 g/mol. The van der Waals surface area contributed by atoms with Crippen molar-refractivity contribution >= 4 is 13.7 Å². The Labute approximate surface area is 178 Å². The number of ether oxygens (including phenoxy) is 2. The molecule has 1 amide bonds. The summed E-state index contributed by atoms with van der Waals surface area (Å²) in [5.41, 5.74) is -0.769. The van der Waals surface area contributed by atoms with E-state index in [9.17, 15) is 22.5 Å². The Kier molecular flexibility index (Phi) is 8.50. The molecule has 2 aromatic carbocycles. The van der Waals surface area contributed by atoms with Crippen LogP contribution in [0.3, 0.4) is 0 Å². The van der Waals surface area contributed by atoms with Gasteiger partial charge >= 0.3 is 13.9 Å². The largest absolute Gasteiger partial charge is 0.481 e. The fraction of sp³-hybridized carbons (Fsp3) is 0.350. The third-order valence-electron chi connectivity index (χ3n) is 3.77. The Morgan fingerprint density at radius 1 is 0.935 bits per heavy atom. The van der Waals surface area contributed by atoms with Gasteiger partial charge in [0.05, 0.1) is 18.8 Å². The molecule has 11 heteroatoms. The van der Waals surface area contributed by atoms with E-state index in [-0.39, 0.29) is 19.0 Å². The minimum atomic E-state index is -4.42. The molecule has 2 aromatic rings. The Hall–Kier alpha value is -2.55. The first-order valence-corrected chi connectivity index (χ1v) is 10.9. The number of halogens is 3. The molecule has 0 aliphatic rings. The van der Waals surface area contributed by atoms with Crippen molar-refractivity contribution in [2.45, 2.75) is 33.1 Å². The van der Waals surface area contributed by atoms with E-state index in [1.54, 1.807) is 13.8 Å². The minimum Gasteiger partial charge on any atom is -0.481 e. The summed E-state index contributed by atoms with van der Waals surface area (Å²) >= 11 is 0. The second-order valence-electron chi connectivity index (χ2n) is 6.16. The van der Waals surface area contributed by atoms with Crippen LogP contribution in [0.1, 0.15) is 26.3 Å². The van der Waals surface area contributed by atoms with E-state index in [4.69, 9.17) is 18.5 Å². The van der Waals surface area contributed by atoms with Crippen LogP contribution >= 0.6 is 7.75 Å². The first kappa shape index (κ1) is 24.7. The van der Waals surface area contributed by atoms with Gasteiger partial charge in [-0.3, -0.25) is 18.9 Å². The number of carbonyl (C=O) groups is 1. The van der Waals surface area contributed by atoms with E-state index in [0.717, 1.165) is 12.1 Å². The number of hydrogen-bond donors (Lipinski definition) is 1. The number of alkyl halides is 3. The quantitative estimate of drug-likeness (QED) is 0.467. The molecule has 0 radical (unpaired) electrons. The Morgan fingerprint density at radius 3 is 1.84 bits per heavy atom. The van der Waals surface area contributed by atoms with Gasteiger partial charge in [0.2, 0.25) is 0 Å². The summed E-state index contributed by atoms with van der Waals surface area (Å²) < 4.78 is 71.2. The molecule has 0 heterocycles. The van der Waals surface area contributed by atoms with Crippen molar-refractivity contribution in [3.8, 4) is 17.2 Å². The maximum atomic E-state index is 12.6. The smallest absolute Gasteiger partial charge is 0.434 e. The first-order chi connectivity index (χ1) is 14.6. The normalized spacial score (nSPS) is 12.8. The lowest BCUT2D eigenvalue weighted by molar-refractivity contribution is -0.137. The van der Waals surface area contributed by atoms with Gasteiger partial charge in [0.15, 0.2) is 6.10 Å². The van der Waals surface area contributed by atoms with Crippen molar-refractivity contribution in [3.05, 3.63) is 54.1 Å². The third kappa shape index (κ3) is 7.57. The van der Waals surface area contributed by atoms with E-state index in [2.05, 4.69) is 5.09 Å². The Morgan fingerprint density at radius 2 is 1.39 bits per heavy atom. The molecule has 0 bridgehead atoms. The maximum Gasteiger partial charge on any atom is 0.434 e. The average molecular weight is 461 g/mol. The second-order valence-corrected chi connectivity index (χ2v) is 7.90. The summed E-state index contributed by atoms with van der Waals surface area (Å²) in [6, 6.07) is 10.4. The summed E-state index contributed by atoms with van der Waals surface area (Å²) in [4.78, 5) is 12.2. The van der Waals surface area contributed by atoms with Gasteiger partial charge in [-0.25, -0.2) is 4.57 Å². The van der Waals surface area contributed by atoms with Crippen LogP contribution < -0.4 is 14.6 Å². The summed E-state index contributed by atoms with van der Waals surface area (Å²) in [7, 11) is -3.76. The molecule has 1 unspecified atom stereocenters. The number of carbonyl (C=O) groups excluding carboxylic acids is 1. The molecule has 0 aromatic heterocycles.